The van der Waals surface area contributed by atoms with Crippen LogP contribution in [0.1, 0.15) is 84.1 Å². The van der Waals surface area contributed by atoms with E-state index >= 15 is 0 Å². The maximum atomic E-state index is 2.33. The minimum absolute atomic E-state index is 0. The molecule has 1 aromatic carbocycles. The van der Waals surface area contributed by atoms with Gasteiger partial charge in [0.1, 0.15) is 0 Å². The van der Waals surface area contributed by atoms with Crippen molar-refractivity contribution in [1.29, 1.82) is 0 Å². The zero-order valence-electron chi connectivity index (χ0n) is 17.2. The summed E-state index contributed by atoms with van der Waals surface area (Å²) in [5.74, 6) is 0. The maximum Gasteiger partial charge on any atom is 0.0827 e. The Bertz CT molecular complexity index is 364. The van der Waals surface area contributed by atoms with Gasteiger partial charge in [-0.3, -0.25) is 0 Å². The Kier molecular flexibility index (Phi) is 14.9. The predicted molar refractivity (Wildman–Crippen MR) is 110 cm³/mol. The summed E-state index contributed by atoms with van der Waals surface area (Å²) in [6.07, 6.45) is 13.7. The molecule has 2 heteroatoms. The lowest BCUT2D eigenvalue weighted by atomic mass is 10.1. The van der Waals surface area contributed by atoms with Crippen LogP contribution in [0.3, 0.4) is 0 Å². The summed E-state index contributed by atoms with van der Waals surface area (Å²) >= 11 is 0. The highest BCUT2D eigenvalue weighted by Crippen LogP contribution is 2.18. The van der Waals surface area contributed by atoms with Crippen molar-refractivity contribution >= 4 is 0 Å². The van der Waals surface area contributed by atoms with Gasteiger partial charge in [0.2, 0.25) is 0 Å². The molecule has 1 N–H and O–H groups in total. The highest BCUT2D eigenvalue weighted by Gasteiger charge is 2.25. The number of benzene rings is 1. The standard InChI is InChI=1S/C23H42N.H2O/c1-4-7-13-19-24(20-14-8-5-2,21-15-9-6-3)22-18-23-16-11-10-12-17-23;/h10-12,16-17H,4-9,13-15,18-22H2,1-3H3;1H2/q+1;/p-1. The number of hydrogen-bond acceptors (Lipinski definition) is 1. The van der Waals surface area contributed by atoms with Gasteiger partial charge in [-0.2, -0.15) is 0 Å². The van der Waals surface area contributed by atoms with Gasteiger partial charge in [0.15, 0.2) is 0 Å². The van der Waals surface area contributed by atoms with Crippen LogP contribution in [0.5, 0.6) is 0 Å². The lowest BCUT2D eigenvalue weighted by Gasteiger charge is -2.39. The first-order valence-electron chi connectivity index (χ1n) is 10.7. The molecule has 0 amide bonds. The molecule has 0 unspecified atom stereocenters. The molecule has 1 aromatic rings. The van der Waals surface area contributed by atoms with Gasteiger partial charge in [-0.15, -0.1) is 0 Å². The van der Waals surface area contributed by atoms with Gasteiger partial charge in [0.25, 0.3) is 0 Å². The van der Waals surface area contributed by atoms with E-state index in [-0.39, 0.29) is 5.48 Å². The molecule has 0 aromatic heterocycles. The van der Waals surface area contributed by atoms with Crippen molar-refractivity contribution in [2.75, 3.05) is 26.2 Å². The summed E-state index contributed by atoms with van der Waals surface area (Å²) in [5, 5.41) is 0. The lowest BCUT2D eigenvalue weighted by Crippen LogP contribution is -2.51. The number of quaternary nitrogens is 1. The van der Waals surface area contributed by atoms with Gasteiger partial charge in [-0.05, 0) is 44.1 Å². The third kappa shape index (κ3) is 10.7. The minimum atomic E-state index is 0. The van der Waals surface area contributed by atoms with Crippen LogP contribution in [0.2, 0.25) is 0 Å². The summed E-state index contributed by atoms with van der Waals surface area (Å²) in [6, 6.07) is 11.1. The van der Waals surface area contributed by atoms with Crippen LogP contribution >= 0.6 is 0 Å². The lowest BCUT2D eigenvalue weighted by molar-refractivity contribution is -0.928. The number of unbranched alkanes of at least 4 members (excludes halogenated alkanes) is 6. The van der Waals surface area contributed by atoms with Crippen LogP contribution in [0.25, 0.3) is 0 Å². The molecule has 0 radical (unpaired) electrons. The Balaban J connectivity index is 0.00000576. The van der Waals surface area contributed by atoms with Crippen LogP contribution < -0.4 is 0 Å². The molecule has 0 atom stereocenters. The smallest absolute Gasteiger partial charge is 0.0827 e. The average Bonchev–Trinajstić information content (AvgIpc) is 2.61. The van der Waals surface area contributed by atoms with Gasteiger partial charge in [0.05, 0.1) is 26.2 Å². The second-order valence-corrected chi connectivity index (χ2v) is 7.59. The zero-order chi connectivity index (χ0) is 17.5. The molecule has 0 saturated heterocycles. The molecule has 0 aliphatic carbocycles. The highest BCUT2D eigenvalue weighted by atomic mass is 16.0. The molecule has 0 spiro atoms. The van der Waals surface area contributed by atoms with E-state index in [0.29, 0.717) is 0 Å². The fourth-order valence-corrected chi connectivity index (χ4v) is 3.77. The molecule has 1 rings (SSSR count). The Morgan fingerprint density at radius 3 is 1.44 bits per heavy atom. The molecule has 0 saturated carbocycles. The van der Waals surface area contributed by atoms with Crippen LogP contribution in [-0.4, -0.2) is 36.1 Å². The van der Waals surface area contributed by atoms with E-state index in [2.05, 4.69) is 51.1 Å². The van der Waals surface area contributed by atoms with E-state index in [0.717, 1.165) is 0 Å². The van der Waals surface area contributed by atoms with E-state index in [1.165, 1.54) is 100 Å². The fraction of sp³-hybridized carbons (Fsp3) is 0.739. The van der Waals surface area contributed by atoms with E-state index in [9.17, 15) is 0 Å². The van der Waals surface area contributed by atoms with Crippen molar-refractivity contribution < 1.29 is 9.96 Å². The largest absolute Gasteiger partial charge is 0.870 e. The van der Waals surface area contributed by atoms with E-state index in [1.54, 1.807) is 0 Å². The zero-order valence-corrected chi connectivity index (χ0v) is 17.2. The summed E-state index contributed by atoms with van der Waals surface area (Å²) in [5.41, 5.74) is 1.52. The predicted octanol–water partition coefficient (Wildman–Crippen LogP) is 6.44. The number of rotatable bonds is 15. The highest BCUT2D eigenvalue weighted by molar-refractivity contribution is 5.14. The molecular formula is C23H43NO. The fourth-order valence-electron chi connectivity index (χ4n) is 3.77. The van der Waals surface area contributed by atoms with Gasteiger partial charge < -0.3 is 9.96 Å². The number of nitrogens with zero attached hydrogens (tertiary/aromatic N) is 1. The quantitative estimate of drug-likeness (QED) is 0.265. The van der Waals surface area contributed by atoms with Gasteiger partial charge in [-0.25, -0.2) is 0 Å². The van der Waals surface area contributed by atoms with E-state index < -0.39 is 0 Å². The first-order chi connectivity index (χ1) is 11.8. The first-order valence-corrected chi connectivity index (χ1v) is 10.7. The summed E-state index contributed by atoms with van der Waals surface area (Å²) in [7, 11) is 0. The molecular weight excluding hydrogens is 306 g/mol. The minimum Gasteiger partial charge on any atom is -0.870 e. The molecule has 25 heavy (non-hydrogen) atoms. The van der Waals surface area contributed by atoms with Crippen molar-refractivity contribution in [2.45, 2.75) is 85.0 Å². The van der Waals surface area contributed by atoms with Crippen molar-refractivity contribution in [3.8, 4) is 0 Å². The van der Waals surface area contributed by atoms with E-state index in [1.807, 2.05) is 0 Å². The second-order valence-electron chi connectivity index (χ2n) is 7.59. The van der Waals surface area contributed by atoms with Crippen LogP contribution in [0, 0.1) is 0 Å². The third-order valence-corrected chi connectivity index (χ3v) is 5.43. The van der Waals surface area contributed by atoms with Crippen LogP contribution in [0.4, 0.5) is 0 Å². The molecule has 0 fully saturated rings. The summed E-state index contributed by atoms with van der Waals surface area (Å²) in [4.78, 5) is 0. The Morgan fingerprint density at radius 1 is 0.600 bits per heavy atom. The van der Waals surface area contributed by atoms with Gasteiger partial charge in [-0.1, -0.05) is 70.4 Å². The van der Waals surface area contributed by atoms with Gasteiger partial charge in [0, 0.05) is 6.42 Å². The van der Waals surface area contributed by atoms with Crippen LogP contribution in [0.15, 0.2) is 30.3 Å². The Morgan fingerprint density at radius 2 is 1.04 bits per heavy atom. The Labute approximate surface area is 157 Å². The van der Waals surface area contributed by atoms with Crippen molar-refractivity contribution in [3.63, 3.8) is 0 Å². The molecule has 0 bridgehead atoms. The molecule has 0 heterocycles. The second kappa shape index (κ2) is 15.4. The summed E-state index contributed by atoms with van der Waals surface area (Å²) < 4.78 is 1.37. The molecule has 0 aliphatic heterocycles. The first kappa shape index (κ1) is 24.1. The normalized spacial score (nSPS) is 11.3. The molecule has 146 valence electrons. The van der Waals surface area contributed by atoms with E-state index in [4.69, 9.17) is 0 Å². The average molecular weight is 350 g/mol. The number of hydrogen-bond donors (Lipinski definition) is 0. The van der Waals surface area contributed by atoms with Crippen molar-refractivity contribution in [1.82, 2.24) is 0 Å². The molecule has 2 nitrogen and oxygen atoms in total. The maximum absolute atomic E-state index is 2.33. The van der Waals surface area contributed by atoms with Crippen LogP contribution in [-0.2, 0) is 6.42 Å². The SMILES string of the molecule is CCCCC[N+](CCCCC)(CCCCC)CCc1ccccc1.[OH-]. The third-order valence-electron chi connectivity index (χ3n) is 5.43. The molecule has 0 aliphatic rings. The van der Waals surface area contributed by atoms with Crippen molar-refractivity contribution in [3.05, 3.63) is 35.9 Å². The monoisotopic (exact) mass is 349 g/mol. The van der Waals surface area contributed by atoms with Gasteiger partial charge >= 0.3 is 0 Å². The topological polar surface area (TPSA) is 30.0 Å². The Hall–Kier alpha value is -0.860. The summed E-state index contributed by atoms with van der Waals surface area (Å²) in [6.45, 7) is 12.5. The van der Waals surface area contributed by atoms with Crippen molar-refractivity contribution in [2.24, 2.45) is 0 Å².